The quantitative estimate of drug-likeness (QED) is 0.482. The number of nitrogens with zero attached hydrogens (tertiary/aromatic N) is 1. The first-order valence-corrected chi connectivity index (χ1v) is 2.94. The minimum Gasteiger partial charge on any atom is -0.345 e. The molecule has 0 aromatic heterocycles. The molecule has 0 atom stereocenters. The summed E-state index contributed by atoms with van der Waals surface area (Å²) in [6.45, 7) is 3.67. The van der Waals surface area contributed by atoms with Crippen molar-refractivity contribution in [3.63, 3.8) is 0 Å². The van der Waals surface area contributed by atoms with Crippen molar-refractivity contribution in [1.82, 2.24) is 4.90 Å². The summed E-state index contributed by atoms with van der Waals surface area (Å²) in [7, 11) is 3.49. The number of hydrogen-bond acceptors (Lipinski definition) is 1. The summed E-state index contributed by atoms with van der Waals surface area (Å²) in [4.78, 5) is 12.5. The van der Waals surface area contributed by atoms with Crippen molar-refractivity contribution in [3.8, 4) is 0 Å². The van der Waals surface area contributed by atoms with Crippen LogP contribution in [0.4, 0.5) is 0 Å². The standard InChI is InChI=1S/C7H13NO/c1-5-6(2)7(9)8(3)4/h5H,1-4H3/b6-5+. The summed E-state index contributed by atoms with van der Waals surface area (Å²) in [5, 5.41) is 0. The molecule has 0 aliphatic heterocycles. The molecule has 1 amide bonds. The third kappa shape index (κ3) is 2.31. The number of carbonyl (C=O) groups excluding carboxylic acids is 1. The van der Waals surface area contributed by atoms with E-state index < -0.39 is 0 Å². The lowest BCUT2D eigenvalue weighted by Gasteiger charge is -2.08. The van der Waals surface area contributed by atoms with E-state index in [1.807, 2.05) is 19.9 Å². The van der Waals surface area contributed by atoms with Crippen LogP contribution in [0.3, 0.4) is 0 Å². The Kier molecular flexibility index (Phi) is 2.99. The third-order valence-electron chi connectivity index (χ3n) is 1.18. The van der Waals surface area contributed by atoms with Gasteiger partial charge < -0.3 is 4.90 Å². The molecule has 9 heavy (non-hydrogen) atoms. The number of rotatable bonds is 1. The van der Waals surface area contributed by atoms with Crippen LogP contribution in [0.1, 0.15) is 13.8 Å². The van der Waals surface area contributed by atoms with Gasteiger partial charge in [0.1, 0.15) is 0 Å². The van der Waals surface area contributed by atoms with Gasteiger partial charge in [0.05, 0.1) is 0 Å². The number of carbonyl (C=O) groups is 1. The zero-order valence-electron chi connectivity index (χ0n) is 6.43. The number of hydrogen-bond donors (Lipinski definition) is 0. The second kappa shape index (κ2) is 3.28. The molecular formula is C7H13NO. The van der Waals surface area contributed by atoms with Gasteiger partial charge in [0.15, 0.2) is 0 Å². The molecule has 2 heteroatoms. The molecule has 0 saturated heterocycles. The molecule has 0 bridgehead atoms. The van der Waals surface area contributed by atoms with Gasteiger partial charge in [0, 0.05) is 19.7 Å². The highest BCUT2D eigenvalue weighted by atomic mass is 16.2. The topological polar surface area (TPSA) is 20.3 Å². The van der Waals surface area contributed by atoms with Crippen molar-refractivity contribution in [3.05, 3.63) is 11.6 Å². The van der Waals surface area contributed by atoms with Gasteiger partial charge in [0.25, 0.3) is 0 Å². The van der Waals surface area contributed by atoms with Crippen LogP contribution in [0.2, 0.25) is 0 Å². The Hall–Kier alpha value is -0.790. The summed E-state index contributed by atoms with van der Waals surface area (Å²) in [5.41, 5.74) is 0.792. The first-order chi connectivity index (χ1) is 4.09. The van der Waals surface area contributed by atoms with Crippen molar-refractivity contribution in [2.45, 2.75) is 13.8 Å². The van der Waals surface area contributed by atoms with Gasteiger partial charge >= 0.3 is 0 Å². The highest BCUT2D eigenvalue weighted by Crippen LogP contribution is 1.94. The van der Waals surface area contributed by atoms with E-state index >= 15 is 0 Å². The molecule has 52 valence electrons. The van der Waals surface area contributed by atoms with E-state index in [9.17, 15) is 4.79 Å². The fourth-order valence-corrected chi connectivity index (χ4v) is 0.476. The van der Waals surface area contributed by atoms with Crippen LogP contribution in [-0.4, -0.2) is 24.9 Å². The van der Waals surface area contributed by atoms with Crippen LogP contribution in [-0.2, 0) is 4.79 Å². The largest absolute Gasteiger partial charge is 0.345 e. The van der Waals surface area contributed by atoms with Crippen LogP contribution < -0.4 is 0 Å². The summed E-state index contributed by atoms with van der Waals surface area (Å²) >= 11 is 0. The van der Waals surface area contributed by atoms with E-state index in [1.54, 1.807) is 19.0 Å². The second-order valence-electron chi connectivity index (χ2n) is 2.17. The molecule has 0 aliphatic rings. The smallest absolute Gasteiger partial charge is 0.248 e. The average molecular weight is 127 g/mol. The maximum Gasteiger partial charge on any atom is 0.248 e. The Morgan fingerprint density at radius 3 is 2.00 bits per heavy atom. The van der Waals surface area contributed by atoms with Crippen molar-refractivity contribution >= 4 is 5.91 Å². The van der Waals surface area contributed by atoms with E-state index in [4.69, 9.17) is 0 Å². The van der Waals surface area contributed by atoms with Gasteiger partial charge in [-0.2, -0.15) is 0 Å². The maximum atomic E-state index is 10.9. The van der Waals surface area contributed by atoms with Crippen molar-refractivity contribution < 1.29 is 4.79 Å². The van der Waals surface area contributed by atoms with Crippen LogP contribution in [0, 0.1) is 0 Å². The van der Waals surface area contributed by atoms with Gasteiger partial charge in [-0.15, -0.1) is 0 Å². The molecule has 0 radical (unpaired) electrons. The Balaban J connectivity index is 4.06. The van der Waals surface area contributed by atoms with Crippen molar-refractivity contribution in [1.29, 1.82) is 0 Å². The van der Waals surface area contributed by atoms with E-state index in [2.05, 4.69) is 0 Å². The first kappa shape index (κ1) is 8.21. The second-order valence-corrected chi connectivity index (χ2v) is 2.17. The summed E-state index contributed by atoms with van der Waals surface area (Å²) < 4.78 is 0. The third-order valence-corrected chi connectivity index (χ3v) is 1.18. The number of allylic oxidation sites excluding steroid dienone is 1. The summed E-state index contributed by atoms with van der Waals surface area (Å²) in [5.74, 6) is 0.0810. The van der Waals surface area contributed by atoms with Crippen LogP contribution in [0.25, 0.3) is 0 Å². The molecule has 0 saturated carbocycles. The molecule has 0 heterocycles. The highest BCUT2D eigenvalue weighted by molar-refractivity contribution is 5.92. The minimum atomic E-state index is 0.0810. The molecule has 0 unspecified atom stereocenters. The van der Waals surface area contributed by atoms with Crippen LogP contribution in [0.15, 0.2) is 11.6 Å². The normalized spacial score (nSPS) is 11.3. The molecule has 0 aromatic carbocycles. The lowest BCUT2D eigenvalue weighted by molar-refractivity contribution is -0.124. The zero-order chi connectivity index (χ0) is 7.44. The number of likely N-dealkylation sites (N-methyl/N-ethyl adjacent to an activating group) is 1. The molecule has 0 rings (SSSR count). The lowest BCUT2D eigenvalue weighted by atomic mass is 10.3. The highest BCUT2D eigenvalue weighted by Gasteiger charge is 2.02. The number of amides is 1. The fraction of sp³-hybridized carbons (Fsp3) is 0.571. The Bertz CT molecular complexity index is 136. The van der Waals surface area contributed by atoms with Crippen LogP contribution in [0.5, 0.6) is 0 Å². The zero-order valence-corrected chi connectivity index (χ0v) is 6.43. The predicted octanol–water partition coefficient (Wildman–Crippen LogP) is 1.04. The van der Waals surface area contributed by atoms with E-state index in [1.165, 1.54) is 0 Å². The molecular weight excluding hydrogens is 114 g/mol. The Labute approximate surface area is 56.2 Å². The minimum absolute atomic E-state index is 0.0810. The molecule has 0 aliphatic carbocycles. The Morgan fingerprint density at radius 1 is 1.44 bits per heavy atom. The molecule has 0 N–H and O–H groups in total. The van der Waals surface area contributed by atoms with Crippen LogP contribution >= 0.6 is 0 Å². The van der Waals surface area contributed by atoms with Gasteiger partial charge in [-0.25, -0.2) is 0 Å². The van der Waals surface area contributed by atoms with Crippen molar-refractivity contribution in [2.75, 3.05) is 14.1 Å². The molecule has 0 fully saturated rings. The van der Waals surface area contributed by atoms with Crippen molar-refractivity contribution in [2.24, 2.45) is 0 Å². The maximum absolute atomic E-state index is 10.9. The Morgan fingerprint density at radius 2 is 1.89 bits per heavy atom. The lowest BCUT2D eigenvalue weighted by Crippen LogP contribution is -2.22. The van der Waals surface area contributed by atoms with Gasteiger partial charge in [-0.05, 0) is 13.8 Å². The molecule has 0 spiro atoms. The predicted molar refractivity (Wildman–Crippen MR) is 38.1 cm³/mol. The van der Waals surface area contributed by atoms with Gasteiger partial charge in [-0.3, -0.25) is 4.79 Å². The van der Waals surface area contributed by atoms with Gasteiger partial charge in [-0.1, -0.05) is 6.08 Å². The average Bonchev–Trinajstić information content (AvgIpc) is 1.84. The van der Waals surface area contributed by atoms with E-state index in [0.29, 0.717) is 0 Å². The fourth-order valence-electron chi connectivity index (χ4n) is 0.476. The van der Waals surface area contributed by atoms with E-state index in [-0.39, 0.29) is 5.91 Å². The first-order valence-electron chi connectivity index (χ1n) is 2.94. The molecule has 2 nitrogen and oxygen atoms in total. The summed E-state index contributed by atoms with van der Waals surface area (Å²) in [6.07, 6.45) is 1.81. The monoisotopic (exact) mass is 127 g/mol. The molecule has 0 aromatic rings. The van der Waals surface area contributed by atoms with Gasteiger partial charge in [0.2, 0.25) is 5.91 Å². The summed E-state index contributed by atoms with van der Waals surface area (Å²) in [6, 6.07) is 0. The SMILES string of the molecule is C/C=C(\C)C(=O)N(C)C. The van der Waals surface area contributed by atoms with E-state index in [0.717, 1.165) is 5.57 Å².